The van der Waals surface area contributed by atoms with E-state index in [0.29, 0.717) is 6.61 Å². The zero-order valence-corrected chi connectivity index (χ0v) is 8.99. The average Bonchev–Trinajstić information content (AvgIpc) is 2.26. The highest BCUT2D eigenvalue weighted by molar-refractivity contribution is 5.33. The van der Waals surface area contributed by atoms with Gasteiger partial charge in [-0.25, -0.2) is 0 Å². The topological polar surface area (TPSA) is 35.2 Å². The first-order valence-corrected chi connectivity index (χ1v) is 5.24. The summed E-state index contributed by atoms with van der Waals surface area (Å²) in [4.78, 5) is 0. The van der Waals surface area contributed by atoms with Crippen molar-refractivity contribution in [3.63, 3.8) is 0 Å². The lowest BCUT2D eigenvalue weighted by Gasteiger charge is -2.13. The molecule has 0 bridgehead atoms. The first-order chi connectivity index (χ1) is 6.77. The van der Waals surface area contributed by atoms with E-state index in [4.69, 9.17) is 10.5 Å². The van der Waals surface area contributed by atoms with E-state index in [-0.39, 0.29) is 6.04 Å². The summed E-state index contributed by atoms with van der Waals surface area (Å²) in [6.45, 7) is 4.80. The van der Waals surface area contributed by atoms with Gasteiger partial charge in [-0.15, -0.1) is 0 Å². The lowest BCUT2D eigenvalue weighted by atomic mass is 10.1. The Balaban J connectivity index is 2.57. The highest BCUT2D eigenvalue weighted by Gasteiger charge is 2.03. The van der Waals surface area contributed by atoms with Crippen LogP contribution in [-0.4, -0.2) is 12.6 Å². The monoisotopic (exact) mass is 193 g/mol. The lowest BCUT2D eigenvalue weighted by Crippen LogP contribution is -2.26. The molecular formula is C12H19NO. The molecule has 0 fully saturated rings. The minimum atomic E-state index is 0.139. The number of benzene rings is 1. The van der Waals surface area contributed by atoms with Gasteiger partial charge in [-0.05, 0) is 24.5 Å². The minimum Gasteiger partial charge on any atom is -0.492 e. The van der Waals surface area contributed by atoms with Gasteiger partial charge < -0.3 is 10.5 Å². The fraction of sp³-hybridized carbons (Fsp3) is 0.500. The molecule has 0 aliphatic carbocycles. The van der Waals surface area contributed by atoms with Crippen molar-refractivity contribution in [2.45, 2.75) is 32.7 Å². The summed E-state index contributed by atoms with van der Waals surface area (Å²) in [7, 11) is 0. The fourth-order valence-electron chi connectivity index (χ4n) is 1.25. The van der Waals surface area contributed by atoms with E-state index in [2.05, 4.69) is 19.9 Å². The van der Waals surface area contributed by atoms with E-state index < -0.39 is 0 Å². The normalized spacial score (nSPS) is 12.5. The first kappa shape index (κ1) is 11.1. The third kappa shape index (κ3) is 3.04. The minimum absolute atomic E-state index is 0.139. The quantitative estimate of drug-likeness (QED) is 0.779. The predicted octanol–water partition coefficient (Wildman–Crippen LogP) is 2.37. The molecule has 0 saturated carbocycles. The molecule has 2 heteroatoms. The van der Waals surface area contributed by atoms with Gasteiger partial charge in [0.2, 0.25) is 0 Å². The van der Waals surface area contributed by atoms with Crippen LogP contribution in [0.1, 0.15) is 25.8 Å². The molecule has 1 aromatic carbocycles. The van der Waals surface area contributed by atoms with E-state index in [0.717, 1.165) is 18.6 Å². The third-order valence-electron chi connectivity index (χ3n) is 2.33. The molecule has 14 heavy (non-hydrogen) atoms. The number of hydrogen-bond acceptors (Lipinski definition) is 2. The summed E-state index contributed by atoms with van der Waals surface area (Å²) in [6, 6.07) is 8.26. The van der Waals surface area contributed by atoms with Gasteiger partial charge in [-0.3, -0.25) is 0 Å². The van der Waals surface area contributed by atoms with Crippen LogP contribution in [0.2, 0.25) is 0 Å². The number of nitrogens with two attached hydrogens (primary N) is 1. The highest BCUT2D eigenvalue weighted by atomic mass is 16.5. The number of ether oxygens (including phenoxy) is 1. The van der Waals surface area contributed by atoms with Gasteiger partial charge in [0.25, 0.3) is 0 Å². The van der Waals surface area contributed by atoms with Crippen molar-refractivity contribution in [3.05, 3.63) is 29.8 Å². The fourth-order valence-corrected chi connectivity index (χ4v) is 1.25. The van der Waals surface area contributed by atoms with Crippen LogP contribution in [-0.2, 0) is 6.42 Å². The Kier molecular flexibility index (Phi) is 4.47. The summed E-state index contributed by atoms with van der Waals surface area (Å²) in [5.41, 5.74) is 7.03. The van der Waals surface area contributed by atoms with Crippen molar-refractivity contribution in [1.82, 2.24) is 0 Å². The van der Waals surface area contributed by atoms with Crippen LogP contribution in [0, 0.1) is 0 Å². The number of rotatable bonds is 5. The molecule has 0 aliphatic heterocycles. The first-order valence-electron chi connectivity index (χ1n) is 5.24. The third-order valence-corrected chi connectivity index (χ3v) is 2.33. The van der Waals surface area contributed by atoms with Gasteiger partial charge in [0.1, 0.15) is 12.4 Å². The van der Waals surface area contributed by atoms with Crippen LogP contribution < -0.4 is 10.5 Å². The molecule has 0 aliphatic rings. The molecule has 1 aromatic rings. The van der Waals surface area contributed by atoms with Gasteiger partial charge in [0.05, 0.1) is 0 Å². The summed E-state index contributed by atoms with van der Waals surface area (Å²) in [6.07, 6.45) is 1.95. The second-order valence-electron chi connectivity index (χ2n) is 3.44. The van der Waals surface area contributed by atoms with Gasteiger partial charge >= 0.3 is 0 Å². The molecule has 0 aromatic heterocycles. The standard InChI is InChI=1S/C12H19NO/c1-3-10-7-5-6-8-12(10)14-9-11(13)4-2/h5-8,11H,3-4,9,13H2,1-2H3. The Labute approximate surface area is 86.1 Å². The molecule has 1 unspecified atom stereocenters. The van der Waals surface area contributed by atoms with E-state index >= 15 is 0 Å². The van der Waals surface area contributed by atoms with E-state index in [1.165, 1.54) is 5.56 Å². The molecule has 1 atom stereocenters. The molecule has 0 heterocycles. The van der Waals surface area contributed by atoms with Crippen molar-refractivity contribution in [2.75, 3.05) is 6.61 Å². The van der Waals surface area contributed by atoms with E-state index in [1.807, 2.05) is 18.2 Å². The van der Waals surface area contributed by atoms with E-state index in [1.54, 1.807) is 0 Å². The lowest BCUT2D eigenvalue weighted by molar-refractivity contribution is 0.283. The maximum absolute atomic E-state index is 5.79. The Hall–Kier alpha value is -1.02. The van der Waals surface area contributed by atoms with Crippen LogP contribution >= 0.6 is 0 Å². The van der Waals surface area contributed by atoms with Crippen LogP contribution in [0.4, 0.5) is 0 Å². The second kappa shape index (κ2) is 5.66. The van der Waals surface area contributed by atoms with Gasteiger partial charge in [-0.1, -0.05) is 32.0 Å². The molecule has 0 radical (unpaired) electrons. The van der Waals surface area contributed by atoms with E-state index in [9.17, 15) is 0 Å². The number of para-hydroxylation sites is 1. The predicted molar refractivity (Wildman–Crippen MR) is 59.6 cm³/mol. The van der Waals surface area contributed by atoms with Gasteiger partial charge in [0.15, 0.2) is 0 Å². The molecule has 0 saturated heterocycles. The largest absolute Gasteiger partial charge is 0.492 e. The Bertz CT molecular complexity index is 273. The summed E-state index contributed by atoms with van der Waals surface area (Å²) in [5, 5.41) is 0. The Morgan fingerprint density at radius 1 is 1.29 bits per heavy atom. The van der Waals surface area contributed by atoms with Crippen molar-refractivity contribution >= 4 is 0 Å². The smallest absolute Gasteiger partial charge is 0.122 e. The molecule has 0 spiro atoms. The highest BCUT2D eigenvalue weighted by Crippen LogP contribution is 2.18. The van der Waals surface area contributed by atoms with Crippen LogP contribution in [0.5, 0.6) is 5.75 Å². The SMILES string of the molecule is CCc1ccccc1OCC(N)CC. The molecular weight excluding hydrogens is 174 g/mol. The summed E-state index contributed by atoms with van der Waals surface area (Å²) < 4.78 is 5.66. The van der Waals surface area contributed by atoms with Gasteiger partial charge in [0, 0.05) is 6.04 Å². The van der Waals surface area contributed by atoms with Crippen molar-refractivity contribution < 1.29 is 4.74 Å². The van der Waals surface area contributed by atoms with Crippen molar-refractivity contribution in [1.29, 1.82) is 0 Å². The van der Waals surface area contributed by atoms with Crippen LogP contribution in [0.25, 0.3) is 0 Å². The average molecular weight is 193 g/mol. The van der Waals surface area contributed by atoms with Crippen molar-refractivity contribution in [2.24, 2.45) is 5.73 Å². The molecule has 0 amide bonds. The summed E-state index contributed by atoms with van der Waals surface area (Å²) >= 11 is 0. The molecule has 78 valence electrons. The maximum atomic E-state index is 5.79. The van der Waals surface area contributed by atoms with Gasteiger partial charge in [-0.2, -0.15) is 0 Å². The zero-order chi connectivity index (χ0) is 10.4. The molecule has 1 rings (SSSR count). The van der Waals surface area contributed by atoms with Crippen molar-refractivity contribution in [3.8, 4) is 5.75 Å². The maximum Gasteiger partial charge on any atom is 0.122 e. The molecule has 2 nitrogen and oxygen atoms in total. The zero-order valence-electron chi connectivity index (χ0n) is 8.99. The molecule has 2 N–H and O–H groups in total. The van der Waals surface area contributed by atoms with Crippen LogP contribution in [0.3, 0.4) is 0 Å². The number of aryl methyl sites for hydroxylation is 1. The Morgan fingerprint density at radius 2 is 2.00 bits per heavy atom. The van der Waals surface area contributed by atoms with Crippen LogP contribution in [0.15, 0.2) is 24.3 Å². The number of hydrogen-bond donors (Lipinski definition) is 1. The Morgan fingerprint density at radius 3 is 2.64 bits per heavy atom. The second-order valence-corrected chi connectivity index (χ2v) is 3.44. The summed E-state index contributed by atoms with van der Waals surface area (Å²) in [5.74, 6) is 0.971.